The smallest absolute Gasteiger partial charge is 0.282 e. The van der Waals surface area contributed by atoms with Gasteiger partial charge in [-0.05, 0) is 48.6 Å². The van der Waals surface area contributed by atoms with Crippen molar-refractivity contribution in [2.75, 3.05) is 0 Å². The van der Waals surface area contributed by atoms with Gasteiger partial charge in [-0.2, -0.15) is 0 Å². The summed E-state index contributed by atoms with van der Waals surface area (Å²) >= 11 is 1.40. The lowest BCUT2D eigenvalue weighted by Crippen LogP contribution is -2.10. The van der Waals surface area contributed by atoms with E-state index in [4.69, 9.17) is 15.1 Å². The zero-order valence-electron chi connectivity index (χ0n) is 10.8. The number of nitrogens with two attached hydrogens (primary N) is 1. The molecule has 0 atom stereocenters. The Morgan fingerprint density at radius 2 is 2.16 bits per heavy atom. The average molecular weight is 276 g/mol. The number of nitrogens with zero attached hydrogens (tertiary/aromatic N) is 3. The maximum atomic E-state index is 5.82. The normalized spacial score (nSPS) is 14.4. The summed E-state index contributed by atoms with van der Waals surface area (Å²) in [5, 5.41) is 9.24. The van der Waals surface area contributed by atoms with Crippen molar-refractivity contribution < 1.29 is 4.42 Å². The number of aryl methyl sites for hydroxylation is 3. The van der Waals surface area contributed by atoms with Crippen LogP contribution in [0.15, 0.2) is 20.7 Å². The highest BCUT2D eigenvalue weighted by Crippen LogP contribution is 2.31. The van der Waals surface area contributed by atoms with Gasteiger partial charge in [0, 0.05) is 19.2 Å². The quantitative estimate of drug-likeness (QED) is 0.926. The van der Waals surface area contributed by atoms with Gasteiger partial charge < -0.3 is 10.2 Å². The minimum atomic E-state index is 0.482. The largest absolute Gasteiger partial charge is 0.416 e. The Balaban J connectivity index is 1.95. The van der Waals surface area contributed by atoms with Gasteiger partial charge in [-0.25, -0.2) is 4.98 Å². The number of fused-ring (bicyclic) bond motifs is 1. The zero-order valence-corrected chi connectivity index (χ0v) is 11.7. The van der Waals surface area contributed by atoms with Crippen LogP contribution in [0, 0.1) is 6.92 Å². The van der Waals surface area contributed by atoms with Crippen molar-refractivity contribution in [3.63, 3.8) is 0 Å². The first-order valence-electron chi connectivity index (χ1n) is 6.46. The third-order valence-electron chi connectivity index (χ3n) is 3.25. The third kappa shape index (κ3) is 2.64. The summed E-state index contributed by atoms with van der Waals surface area (Å²) in [7, 11) is 0. The topological polar surface area (TPSA) is 77.8 Å². The molecule has 0 aliphatic heterocycles. The van der Waals surface area contributed by atoms with Crippen molar-refractivity contribution in [1.29, 1.82) is 0 Å². The second-order valence-corrected chi connectivity index (χ2v) is 5.60. The lowest BCUT2D eigenvalue weighted by atomic mass is 9.95. The van der Waals surface area contributed by atoms with E-state index < -0.39 is 0 Å². The SMILES string of the molecule is Cc1nnc(Sc2nc3c(cc2CN)CCCC3)o1. The van der Waals surface area contributed by atoms with Gasteiger partial charge in [-0.1, -0.05) is 6.07 Å². The van der Waals surface area contributed by atoms with E-state index in [1.807, 2.05) is 0 Å². The van der Waals surface area contributed by atoms with Crippen LogP contribution in [0.25, 0.3) is 0 Å². The summed E-state index contributed by atoms with van der Waals surface area (Å²) in [6.45, 7) is 2.26. The first-order chi connectivity index (χ1) is 9.26. The standard InChI is InChI=1S/C13H16N4OS/c1-8-16-17-13(18-8)19-12-10(7-14)6-9-4-2-3-5-11(9)15-12/h6H,2-5,7,14H2,1H3. The lowest BCUT2D eigenvalue weighted by molar-refractivity contribution is 0.429. The first kappa shape index (κ1) is 12.6. The molecule has 6 heteroatoms. The fraction of sp³-hybridized carbons (Fsp3) is 0.462. The van der Waals surface area contributed by atoms with E-state index in [2.05, 4.69) is 16.3 Å². The van der Waals surface area contributed by atoms with Crippen LogP contribution in [0.5, 0.6) is 0 Å². The first-order valence-corrected chi connectivity index (χ1v) is 7.27. The molecule has 0 fully saturated rings. The molecule has 19 heavy (non-hydrogen) atoms. The third-order valence-corrected chi connectivity index (χ3v) is 4.14. The Labute approximate surface area is 116 Å². The Bertz CT molecular complexity index is 596. The molecular weight excluding hydrogens is 260 g/mol. The molecule has 0 saturated carbocycles. The van der Waals surface area contributed by atoms with Crippen molar-refractivity contribution in [2.24, 2.45) is 5.73 Å². The number of rotatable bonds is 3. The Kier molecular flexibility index (Phi) is 3.52. The van der Waals surface area contributed by atoms with Crippen LogP contribution < -0.4 is 5.73 Å². The fourth-order valence-corrected chi connectivity index (χ4v) is 3.14. The molecule has 2 N–H and O–H groups in total. The van der Waals surface area contributed by atoms with Crippen molar-refractivity contribution >= 4 is 11.8 Å². The van der Waals surface area contributed by atoms with Crippen LogP contribution in [0.3, 0.4) is 0 Å². The Morgan fingerprint density at radius 3 is 2.89 bits per heavy atom. The molecule has 1 aliphatic carbocycles. The Hall–Kier alpha value is -1.40. The maximum absolute atomic E-state index is 5.82. The van der Waals surface area contributed by atoms with Gasteiger partial charge in [0.05, 0.1) is 0 Å². The van der Waals surface area contributed by atoms with Crippen LogP contribution in [-0.4, -0.2) is 15.2 Å². The van der Waals surface area contributed by atoms with Gasteiger partial charge in [0.15, 0.2) is 0 Å². The van der Waals surface area contributed by atoms with Crippen molar-refractivity contribution in [3.8, 4) is 0 Å². The van der Waals surface area contributed by atoms with Crippen LogP contribution >= 0.6 is 11.8 Å². The highest BCUT2D eigenvalue weighted by atomic mass is 32.2. The van der Waals surface area contributed by atoms with E-state index in [9.17, 15) is 0 Å². The monoisotopic (exact) mass is 276 g/mol. The van der Waals surface area contributed by atoms with E-state index in [0.717, 1.165) is 23.4 Å². The minimum absolute atomic E-state index is 0.482. The van der Waals surface area contributed by atoms with Gasteiger partial charge in [0.1, 0.15) is 5.03 Å². The second-order valence-electron chi connectivity index (χ2n) is 4.66. The van der Waals surface area contributed by atoms with E-state index in [-0.39, 0.29) is 0 Å². The Morgan fingerprint density at radius 1 is 1.32 bits per heavy atom. The fourth-order valence-electron chi connectivity index (χ4n) is 2.30. The molecule has 0 aromatic carbocycles. The minimum Gasteiger partial charge on any atom is -0.416 e. The molecule has 0 spiro atoms. The zero-order chi connectivity index (χ0) is 13.2. The molecule has 0 saturated heterocycles. The van der Waals surface area contributed by atoms with Crippen molar-refractivity contribution in [2.45, 2.75) is 49.4 Å². The van der Waals surface area contributed by atoms with E-state index >= 15 is 0 Å². The summed E-state index contributed by atoms with van der Waals surface area (Å²) in [5.41, 5.74) is 9.42. The molecule has 1 aliphatic rings. The van der Waals surface area contributed by atoms with Crippen LogP contribution in [-0.2, 0) is 19.4 Å². The summed E-state index contributed by atoms with van der Waals surface area (Å²) in [6, 6.07) is 2.19. The van der Waals surface area contributed by atoms with E-state index in [1.54, 1.807) is 6.92 Å². The van der Waals surface area contributed by atoms with Gasteiger partial charge in [-0.3, -0.25) is 0 Å². The van der Waals surface area contributed by atoms with E-state index in [0.29, 0.717) is 17.7 Å². The molecule has 0 bridgehead atoms. The second kappa shape index (κ2) is 5.30. The molecule has 0 unspecified atom stereocenters. The molecular formula is C13H16N4OS. The summed E-state index contributed by atoms with van der Waals surface area (Å²) in [4.78, 5) is 4.74. The van der Waals surface area contributed by atoms with Crippen LogP contribution in [0.4, 0.5) is 0 Å². The van der Waals surface area contributed by atoms with Gasteiger partial charge in [0.25, 0.3) is 5.22 Å². The molecule has 2 aromatic rings. The molecule has 5 nitrogen and oxygen atoms in total. The number of aromatic nitrogens is 3. The van der Waals surface area contributed by atoms with E-state index in [1.165, 1.54) is 35.9 Å². The molecule has 0 radical (unpaired) electrons. The number of pyridine rings is 1. The maximum Gasteiger partial charge on any atom is 0.282 e. The van der Waals surface area contributed by atoms with Gasteiger partial charge >= 0.3 is 0 Å². The van der Waals surface area contributed by atoms with Crippen LogP contribution in [0.2, 0.25) is 0 Å². The molecule has 2 heterocycles. The average Bonchev–Trinajstić information content (AvgIpc) is 2.83. The van der Waals surface area contributed by atoms with Crippen LogP contribution in [0.1, 0.15) is 35.6 Å². The summed E-state index contributed by atoms with van der Waals surface area (Å²) < 4.78 is 5.39. The van der Waals surface area contributed by atoms with Crippen molar-refractivity contribution in [3.05, 3.63) is 28.8 Å². The summed E-state index contributed by atoms with van der Waals surface area (Å²) in [5.74, 6) is 0.565. The van der Waals surface area contributed by atoms with Crippen molar-refractivity contribution in [1.82, 2.24) is 15.2 Å². The number of hydrogen-bond donors (Lipinski definition) is 1. The molecule has 2 aromatic heterocycles. The molecule has 3 rings (SSSR count). The lowest BCUT2D eigenvalue weighted by Gasteiger charge is -2.17. The highest BCUT2D eigenvalue weighted by Gasteiger charge is 2.17. The summed E-state index contributed by atoms with van der Waals surface area (Å²) in [6.07, 6.45) is 4.62. The molecule has 0 amide bonds. The highest BCUT2D eigenvalue weighted by molar-refractivity contribution is 7.99. The number of hydrogen-bond acceptors (Lipinski definition) is 6. The van der Waals surface area contributed by atoms with Gasteiger partial charge in [-0.15, -0.1) is 10.2 Å². The predicted octanol–water partition coefficient (Wildman–Crippen LogP) is 2.26. The predicted molar refractivity (Wildman–Crippen MR) is 71.9 cm³/mol. The van der Waals surface area contributed by atoms with Gasteiger partial charge in [0.2, 0.25) is 5.89 Å². The molecule has 100 valence electrons.